The number of benzene rings is 3. The number of Topliss-reactive ketones (excluding diaryl/α,β-unsaturated/α-hetero) is 1. The second-order valence-electron chi connectivity index (χ2n) is 5.72. The van der Waals surface area contributed by atoms with E-state index in [1.54, 1.807) is 43.5 Å². The minimum atomic E-state index is -0.511. The van der Waals surface area contributed by atoms with Gasteiger partial charge in [-0.25, -0.2) is 4.79 Å². The number of ether oxygens (including phenoxy) is 3. The second kappa shape index (κ2) is 7.70. The van der Waals surface area contributed by atoms with E-state index in [1.165, 1.54) is 6.92 Å². The lowest BCUT2D eigenvalue weighted by Gasteiger charge is -2.08. The first-order valence-electron chi connectivity index (χ1n) is 8.07. The maximum Gasteiger partial charge on any atom is 0.349 e. The van der Waals surface area contributed by atoms with Gasteiger partial charge in [-0.15, -0.1) is 0 Å². The number of hydrogen-bond donors (Lipinski definition) is 0. The highest BCUT2D eigenvalue weighted by Crippen LogP contribution is 2.25. The number of methoxy groups -OCH3 is 1. The highest BCUT2D eigenvalue weighted by atomic mass is 16.6. The van der Waals surface area contributed by atoms with Crippen LogP contribution in [0, 0.1) is 0 Å². The van der Waals surface area contributed by atoms with E-state index in [0.717, 1.165) is 16.5 Å². The molecule has 0 aliphatic heterocycles. The molecular formula is C21H18O5. The quantitative estimate of drug-likeness (QED) is 0.381. The third-order valence-electron chi connectivity index (χ3n) is 3.87. The van der Waals surface area contributed by atoms with Crippen molar-refractivity contribution in [2.45, 2.75) is 6.92 Å². The van der Waals surface area contributed by atoms with Crippen LogP contribution >= 0.6 is 0 Å². The summed E-state index contributed by atoms with van der Waals surface area (Å²) in [7, 11) is 1.60. The molecule has 3 rings (SSSR count). The van der Waals surface area contributed by atoms with Crippen molar-refractivity contribution in [2.75, 3.05) is 13.7 Å². The first-order chi connectivity index (χ1) is 12.5. The summed E-state index contributed by atoms with van der Waals surface area (Å²) in [5, 5.41) is 1.93. The van der Waals surface area contributed by atoms with Crippen molar-refractivity contribution in [3.8, 4) is 17.2 Å². The van der Waals surface area contributed by atoms with Gasteiger partial charge in [-0.05, 0) is 66.2 Å². The predicted octanol–water partition coefficient (Wildman–Crippen LogP) is 4.04. The lowest BCUT2D eigenvalue weighted by Crippen LogP contribution is -2.17. The lowest BCUT2D eigenvalue weighted by molar-refractivity contribution is -0.136. The molecule has 0 amide bonds. The maximum absolute atomic E-state index is 12.0. The van der Waals surface area contributed by atoms with Gasteiger partial charge in [0.2, 0.25) is 0 Å². The summed E-state index contributed by atoms with van der Waals surface area (Å²) in [6, 6.07) is 17.7. The molecule has 132 valence electrons. The third kappa shape index (κ3) is 4.19. The molecule has 0 unspecified atom stereocenters. The van der Waals surface area contributed by atoms with Gasteiger partial charge in [0.1, 0.15) is 17.2 Å². The highest BCUT2D eigenvalue weighted by molar-refractivity contribution is 5.94. The SMILES string of the molecule is COc1ccc2ccc(OC(=O)COc3ccc(C(C)=O)cc3)cc2c1. The third-order valence-corrected chi connectivity index (χ3v) is 3.87. The Labute approximate surface area is 151 Å². The molecule has 0 heterocycles. The summed E-state index contributed by atoms with van der Waals surface area (Å²) in [6.07, 6.45) is 0. The van der Waals surface area contributed by atoms with Crippen LogP contribution in [-0.2, 0) is 4.79 Å². The number of carbonyl (C=O) groups excluding carboxylic acids is 2. The molecule has 26 heavy (non-hydrogen) atoms. The van der Waals surface area contributed by atoms with Gasteiger partial charge in [0, 0.05) is 5.56 Å². The monoisotopic (exact) mass is 350 g/mol. The van der Waals surface area contributed by atoms with E-state index < -0.39 is 5.97 Å². The van der Waals surface area contributed by atoms with Crippen LogP contribution in [0.25, 0.3) is 10.8 Å². The summed E-state index contributed by atoms with van der Waals surface area (Å²) in [4.78, 5) is 23.2. The van der Waals surface area contributed by atoms with Crippen LogP contribution in [0.4, 0.5) is 0 Å². The van der Waals surface area contributed by atoms with E-state index in [2.05, 4.69) is 0 Å². The molecule has 0 aliphatic carbocycles. The van der Waals surface area contributed by atoms with Gasteiger partial charge in [-0.3, -0.25) is 4.79 Å². The molecule has 5 heteroatoms. The number of carbonyl (C=O) groups is 2. The minimum Gasteiger partial charge on any atom is -0.497 e. The van der Waals surface area contributed by atoms with Crippen LogP contribution in [0.5, 0.6) is 17.2 Å². The first kappa shape index (κ1) is 17.5. The molecule has 3 aromatic rings. The van der Waals surface area contributed by atoms with Crippen molar-refractivity contribution in [3.05, 3.63) is 66.2 Å². The topological polar surface area (TPSA) is 61.8 Å². The van der Waals surface area contributed by atoms with Gasteiger partial charge < -0.3 is 14.2 Å². The van der Waals surface area contributed by atoms with E-state index in [9.17, 15) is 9.59 Å². The van der Waals surface area contributed by atoms with Crippen LogP contribution in [0.2, 0.25) is 0 Å². The van der Waals surface area contributed by atoms with Crippen LogP contribution in [0.1, 0.15) is 17.3 Å². The molecular weight excluding hydrogens is 332 g/mol. The van der Waals surface area contributed by atoms with Gasteiger partial charge in [0.15, 0.2) is 12.4 Å². The molecule has 0 aromatic heterocycles. The molecule has 0 atom stereocenters. The Hall–Kier alpha value is -3.34. The number of esters is 1. The fourth-order valence-corrected chi connectivity index (χ4v) is 2.48. The Kier molecular flexibility index (Phi) is 5.17. The van der Waals surface area contributed by atoms with Gasteiger partial charge >= 0.3 is 5.97 Å². The minimum absolute atomic E-state index is 0.0242. The zero-order valence-electron chi connectivity index (χ0n) is 14.5. The molecule has 0 saturated carbocycles. The van der Waals surface area contributed by atoms with Crippen LogP contribution in [0.15, 0.2) is 60.7 Å². The summed E-state index contributed by atoms with van der Waals surface area (Å²) in [5.41, 5.74) is 0.589. The molecule has 0 bridgehead atoms. The highest BCUT2D eigenvalue weighted by Gasteiger charge is 2.08. The van der Waals surface area contributed by atoms with Crippen LogP contribution < -0.4 is 14.2 Å². The van der Waals surface area contributed by atoms with E-state index in [0.29, 0.717) is 17.1 Å². The van der Waals surface area contributed by atoms with Crippen molar-refractivity contribution in [1.82, 2.24) is 0 Å². The number of rotatable bonds is 6. The van der Waals surface area contributed by atoms with E-state index in [1.807, 2.05) is 24.3 Å². The number of fused-ring (bicyclic) bond motifs is 1. The van der Waals surface area contributed by atoms with Crippen molar-refractivity contribution in [2.24, 2.45) is 0 Å². The first-order valence-corrected chi connectivity index (χ1v) is 8.07. The zero-order valence-corrected chi connectivity index (χ0v) is 14.5. The fraction of sp³-hybridized carbons (Fsp3) is 0.143. The molecule has 3 aromatic carbocycles. The Morgan fingerprint density at radius 2 is 1.42 bits per heavy atom. The largest absolute Gasteiger partial charge is 0.497 e. The average Bonchev–Trinajstić information content (AvgIpc) is 2.66. The Balaban J connectivity index is 1.62. The summed E-state index contributed by atoms with van der Waals surface area (Å²) in [6.45, 7) is 1.27. The van der Waals surface area contributed by atoms with E-state index in [4.69, 9.17) is 14.2 Å². The molecule has 0 saturated heterocycles. The molecule has 0 aliphatic rings. The number of ketones is 1. The van der Waals surface area contributed by atoms with Crippen molar-refractivity contribution in [1.29, 1.82) is 0 Å². The molecule has 5 nitrogen and oxygen atoms in total. The van der Waals surface area contributed by atoms with Crippen LogP contribution in [0.3, 0.4) is 0 Å². The Bertz CT molecular complexity index is 944. The van der Waals surface area contributed by atoms with E-state index in [-0.39, 0.29) is 12.4 Å². The summed E-state index contributed by atoms with van der Waals surface area (Å²) < 4.78 is 15.9. The fourth-order valence-electron chi connectivity index (χ4n) is 2.48. The normalized spacial score (nSPS) is 10.4. The van der Waals surface area contributed by atoms with Crippen molar-refractivity contribution < 1.29 is 23.8 Å². The molecule has 0 radical (unpaired) electrons. The summed E-state index contributed by atoms with van der Waals surface area (Å²) in [5.74, 6) is 1.13. The molecule has 0 N–H and O–H groups in total. The van der Waals surface area contributed by atoms with Gasteiger partial charge in [-0.1, -0.05) is 12.1 Å². The number of hydrogen-bond acceptors (Lipinski definition) is 5. The van der Waals surface area contributed by atoms with Crippen molar-refractivity contribution in [3.63, 3.8) is 0 Å². The van der Waals surface area contributed by atoms with Crippen molar-refractivity contribution >= 4 is 22.5 Å². The second-order valence-corrected chi connectivity index (χ2v) is 5.72. The Morgan fingerprint density at radius 1 is 0.808 bits per heavy atom. The zero-order chi connectivity index (χ0) is 18.5. The molecule has 0 fully saturated rings. The smallest absolute Gasteiger partial charge is 0.349 e. The van der Waals surface area contributed by atoms with E-state index >= 15 is 0 Å². The average molecular weight is 350 g/mol. The van der Waals surface area contributed by atoms with Gasteiger partial charge in [-0.2, -0.15) is 0 Å². The Morgan fingerprint density at radius 3 is 2.08 bits per heavy atom. The van der Waals surface area contributed by atoms with Crippen LogP contribution in [-0.4, -0.2) is 25.5 Å². The molecule has 0 spiro atoms. The van der Waals surface area contributed by atoms with Gasteiger partial charge in [0.05, 0.1) is 7.11 Å². The summed E-state index contributed by atoms with van der Waals surface area (Å²) >= 11 is 0. The standard InChI is InChI=1S/C21H18O5/c1-14(22)15-3-7-18(8-4-15)25-13-21(23)26-20-10-6-16-5-9-19(24-2)11-17(16)12-20/h3-12H,13H2,1-2H3. The van der Waals surface area contributed by atoms with Gasteiger partial charge in [0.25, 0.3) is 0 Å². The predicted molar refractivity (Wildman–Crippen MR) is 98.1 cm³/mol. The maximum atomic E-state index is 12.0. The lowest BCUT2D eigenvalue weighted by atomic mass is 10.1.